The zero-order valence-electron chi connectivity index (χ0n) is 11.4. The zero-order chi connectivity index (χ0) is 16.9. The molecule has 0 aliphatic carbocycles. The average Bonchev–Trinajstić information content (AvgIpc) is 2.45. The molecule has 0 radical (unpaired) electrons. The fourth-order valence-corrected chi connectivity index (χ4v) is 0.411. The molecule has 0 aromatic heterocycles. The Bertz CT molecular complexity index is 411. The molecule has 0 rings (SSSR count). The Morgan fingerprint density at radius 3 is 1.48 bits per heavy atom. The summed E-state index contributed by atoms with van der Waals surface area (Å²) in [6.07, 6.45) is 11.6. The van der Waals surface area contributed by atoms with Gasteiger partial charge in [0.1, 0.15) is 0 Å². The fraction of sp³-hybridized carbons (Fsp3) is 0.118. The van der Waals surface area contributed by atoms with Gasteiger partial charge in [0.25, 0.3) is 6.47 Å². The lowest BCUT2D eigenvalue weighted by Gasteiger charge is -1.78. The Labute approximate surface area is 138 Å². The molecule has 0 amide bonds. The van der Waals surface area contributed by atoms with Gasteiger partial charge in [-0.1, -0.05) is 65.0 Å². The van der Waals surface area contributed by atoms with Crippen molar-refractivity contribution in [3.8, 4) is 0 Å². The molecule has 0 saturated heterocycles. The largest absolute Gasteiger partial charge is 0.478 e. The van der Waals surface area contributed by atoms with E-state index in [-0.39, 0.29) is 21.3 Å². The molecule has 6 heteroatoms. The van der Waals surface area contributed by atoms with Gasteiger partial charge in [-0.15, -0.1) is 0 Å². The van der Waals surface area contributed by atoms with Crippen molar-refractivity contribution in [2.75, 3.05) is 0 Å². The van der Waals surface area contributed by atoms with E-state index in [9.17, 15) is 14.4 Å². The van der Waals surface area contributed by atoms with Gasteiger partial charge in [-0.25, -0.2) is 9.59 Å². The van der Waals surface area contributed by atoms with Crippen molar-refractivity contribution in [2.45, 2.75) is 14.9 Å². The van der Waals surface area contributed by atoms with E-state index in [4.69, 9.17) is 10.2 Å². The van der Waals surface area contributed by atoms with Crippen LogP contribution in [0, 0.1) is 0 Å². The molecule has 130 valence electrons. The predicted octanol–water partition coefficient (Wildman–Crippen LogP) is 3.76. The first-order valence-electron chi connectivity index (χ1n) is 5.36. The first-order valence-corrected chi connectivity index (χ1v) is 5.36. The van der Waals surface area contributed by atoms with E-state index in [1.165, 1.54) is 24.3 Å². The maximum Gasteiger partial charge on any atom is 0.328 e. The summed E-state index contributed by atoms with van der Waals surface area (Å²) in [5.41, 5.74) is 0. The molecule has 0 saturated carbocycles. The Morgan fingerprint density at radius 1 is 0.783 bits per heavy atom. The lowest BCUT2D eigenvalue weighted by molar-refractivity contribution is -0.132. The topological polar surface area (TPSA) is 101 Å². The van der Waals surface area contributed by atoms with Crippen molar-refractivity contribution < 1.29 is 29.3 Å². The number of hydrogen-bond donors (Lipinski definition) is 2. The number of carbonyl (C=O) groups is 3. The number of carbonyl (C=O) groups excluding carboxylic acids is 1. The van der Waals surface area contributed by atoms with E-state index in [1.54, 1.807) is 12.2 Å². The highest BCUT2D eigenvalue weighted by Crippen LogP contribution is 1.77. The quantitative estimate of drug-likeness (QED) is 0.320. The van der Waals surface area contributed by atoms with Crippen molar-refractivity contribution in [1.82, 2.24) is 0 Å². The fourth-order valence-electron chi connectivity index (χ4n) is 0.411. The van der Waals surface area contributed by atoms with Gasteiger partial charge in [0, 0.05) is 12.2 Å². The Hall–Kier alpha value is -3.15. The van der Waals surface area contributed by atoms with Crippen LogP contribution in [0.25, 0.3) is 0 Å². The molecule has 2 N–H and O–H groups in total. The molecule has 23 heavy (non-hydrogen) atoms. The molecule has 0 heterocycles. The number of aliphatic carboxylic acids is 2. The number of rotatable bonds is 7. The first-order chi connectivity index (χ1) is 9.95. The van der Waals surface area contributed by atoms with E-state index in [1.807, 2.05) is 0 Å². The van der Waals surface area contributed by atoms with Gasteiger partial charge in [0.15, 0.2) is 0 Å². The summed E-state index contributed by atoms with van der Waals surface area (Å²) in [5.74, 6) is -1.99. The van der Waals surface area contributed by atoms with Gasteiger partial charge in [-0.3, -0.25) is 4.79 Å². The van der Waals surface area contributed by atoms with Gasteiger partial charge in [-0.05, 0) is 6.08 Å². The summed E-state index contributed by atoms with van der Waals surface area (Å²) in [6.45, 7) is 10.2. The molecule has 0 bridgehead atoms. The summed E-state index contributed by atoms with van der Waals surface area (Å²) in [5, 5.41) is 15.9. The molecule has 0 fully saturated rings. The summed E-state index contributed by atoms with van der Waals surface area (Å²) < 4.78 is 4.11. The van der Waals surface area contributed by atoms with Gasteiger partial charge in [0.2, 0.25) is 0 Å². The number of carboxylic acid groups (broad SMARTS) is 2. The van der Waals surface area contributed by atoms with Crippen LogP contribution in [-0.4, -0.2) is 28.6 Å². The van der Waals surface area contributed by atoms with E-state index >= 15 is 0 Å². The average molecular weight is 326 g/mol. The molecule has 6 nitrogen and oxygen atoms in total. The van der Waals surface area contributed by atoms with Gasteiger partial charge >= 0.3 is 11.9 Å². The van der Waals surface area contributed by atoms with E-state index < -0.39 is 11.9 Å². The van der Waals surface area contributed by atoms with Crippen LogP contribution in [0.1, 0.15) is 14.9 Å². The third-order valence-corrected chi connectivity index (χ3v) is 1.10. The molecule has 0 unspecified atom stereocenters. The second kappa shape index (κ2) is 31.3. The summed E-state index contributed by atoms with van der Waals surface area (Å²) in [4.78, 5) is 28.9. The highest BCUT2D eigenvalue weighted by Gasteiger charge is 1.79. The minimum atomic E-state index is -1.05. The van der Waals surface area contributed by atoms with Crippen LogP contribution in [0.4, 0.5) is 0 Å². The third-order valence-electron chi connectivity index (χ3n) is 1.10. The third kappa shape index (κ3) is 68.3. The Kier molecular flexibility index (Phi) is 43.5. The van der Waals surface area contributed by atoms with Crippen LogP contribution in [0.3, 0.4) is 0 Å². The van der Waals surface area contributed by atoms with Crippen LogP contribution in [0.5, 0.6) is 0 Å². The number of hydrogen-bond acceptors (Lipinski definition) is 4. The molecule has 0 aromatic carbocycles. The lowest BCUT2D eigenvalue weighted by Crippen LogP contribution is -1.84. The smallest absolute Gasteiger partial charge is 0.328 e. The van der Waals surface area contributed by atoms with Crippen molar-refractivity contribution in [3.05, 3.63) is 74.6 Å². The zero-order valence-corrected chi connectivity index (χ0v) is 11.4. The highest BCUT2D eigenvalue weighted by atomic mass is 16.5. The lowest BCUT2D eigenvalue weighted by atomic mass is 10.5. The van der Waals surface area contributed by atoms with Crippen molar-refractivity contribution in [3.63, 3.8) is 0 Å². The van der Waals surface area contributed by atoms with Crippen LogP contribution < -0.4 is 0 Å². The molecule has 0 aliphatic rings. The first kappa shape index (κ1) is 32.0. The maximum absolute atomic E-state index is 9.80. The number of carboxylic acids is 2. The number of ether oxygens (including phenoxy) is 1. The Balaban J connectivity index is -0.0000000735. The van der Waals surface area contributed by atoms with Gasteiger partial charge < -0.3 is 14.9 Å². The second-order valence-corrected chi connectivity index (χ2v) is 2.66. The molecule has 0 atom stereocenters. The summed E-state index contributed by atoms with van der Waals surface area (Å²) >= 11 is 0. The van der Waals surface area contributed by atoms with E-state index in [0.29, 0.717) is 0 Å². The maximum atomic E-state index is 9.80. The summed E-state index contributed by atoms with van der Waals surface area (Å²) in [7, 11) is 0. The van der Waals surface area contributed by atoms with Crippen LogP contribution in [0.15, 0.2) is 74.6 Å². The van der Waals surface area contributed by atoms with E-state index in [2.05, 4.69) is 24.5 Å². The van der Waals surface area contributed by atoms with Gasteiger partial charge in [0.05, 0.1) is 6.26 Å². The standard InChI is InChI=1S/C6H6O4.C5H6O2.C4H6.2CH4/c7-5-10-4-2-1-3-6(8)9;1-2-3-4-5(6)7;1-3-4-2;;/h1-5H,(H,8,9);2-4H,1H2,(H,6,7);3-4H,1-2H2;2*1H4/b3-1+,4-2-;4-3+;;;. The van der Waals surface area contributed by atoms with Crippen molar-refractivity contribution in [1.29, 1.82) is 0 Å². The monoisotopic (exact) mass is 326 g/mol. The van der Waals surface area contributed by atoms with Crippen LogP contribution in [-0.2, 0) is 19.1 Å². The molecule has 0 aromatic rings. The minimum absolute atomic E-state index is 0. The van der Waals surface area contributed by atoms with Crippen LogP contribution in [0.2, 0.25) is 0 Å². The van der Waals surface area contributed by atoms with Crippen LogP contribution >= 0.6 is 0 Å². The SMILES string of the molecule is C.C.C=C/C=C/C(=O)O.C=CC=C.O=CO/C=C\C=C\C(=O)O. The van der Waals surface area contributed by atoms with Gasteiger partial charge in [-0.2, -0.15) is 0 Å². The van der Waals surface area contributed by atoms with Crippen molar-refractivity contribution in [2.24, 2.45) is 0 Å². The summed E-state index contributed by atoms with van der Waals surface area (Å²) in [6, 6.07) is 0. The molecule has 0 aliphatic heterocycles. The van der Waals surface area contributed by atoms with Crippen molar-refractivity contribution >= 4 is 18.4 Å². The Morgan fingerprint density at radius 2 is 1.22 bits per heavy atom. The normalized spacial score (nSPS) is 8.17. The molecular formula is C17H26O6. The molecular weight excluding hydrogens is 300 g/mol. The minimum Gasteiger partial charge on any atom is -0.478 e. The highest BCUT2D eigenvalue weighted by molar-refractivity contribution is 5.80. The molecule has 0 spiro atoms. The van der Waals surface area contributed by atoms with E-state index in [0.717, 1.165) is 18.4 Å². The second-order valence-electron chi connectivity index (χ2n) is 2.66. The number of allylic oxidation sites excluding steroid dienone is 6. The predicted molar refractivity (Wildman–Crippen MR) is 93.9 cm³/mol.